The Labute approximate surface area is 189 Å². The van der Waals surface area contributed by atoms with Gasteiger partial charge in [-0.05, 0) is 38.2 Å². The summed E-state index contributed by atoms with van der Waals surface area (Å²) in [5, 5.41) is 21.2. The molecule has 7 N–H and O–H groups in total. The summed E-state index contributed by atoms with van der Waals surface area (Å²) in [6, 6.07) is 6.82. The number of rotatable bonds is 8. The van der Waals surface area contributed by atoms with E-state index in [1.165, 1.54) is 37.3 Å². The Bertz CT molecular complexity index is 927. The highest BCUT2D eigenvalue weighted by atomic mass is 35.5. The Morgan fingerprint density at radius 3 is 2.48 bits per heavy atom. The molecule has 0 saturated carbocycles. The molecule has 0 aliphatic heterocycles. The van der Waals surface area contributed by atoms with E-state index in [2.05, 4.69) is 10.6 Å². The normalized spacial score (nSPS) is 10.9. The number of aliphatic hydroxyl groups excluding tert-OH is 1. The lowest BCUT2D eigenvalue weighted by molar-refractivity contribution is 0.415. The van der Waals surface area contributed by atoms with Gasteiger partial charge in [-0.3, -0.25) is 5.41 Å². The van der Waals surface area contributed by atoms with E-state index in [-0.39, 0.29) is 27.3 Å². The topological polar surface area (TPSA) is 118 Å². The molecule has 0 spiro atoms. The Kier molecular flexibility index (Phi) is 11.1. The zero-order valence-corrected chi connectivity index (χ0v) is 18.9. The van der Waals surface area contributed by atoms with Crippen molar-refractivity contribution in [3.05, 3.63) is 58.8 Å². The van der Waals surface area contributed by atoms with E-state index in [1.807, 2.05) is 19.0 Å². The monoisotopic (exact) mass is 473 g/mol. The van der Waals surface area contributed by atoms with Crippen molar-refractivity contribution in [2.75, 3.05) is 37.4 Å². The molecule has 0 unspecified atom stereocenters. The van der Waals surface area contributed by atoms with Crippen molar-refractivity contribution in [3.63, 3.8) is 0 Å². The summed E-state index contributed by atoms with van der Waals surface area (Å²) in [4.78, 5) is 1.92. The van der Waals surface area contributed by atoms with Crippen molar-refractivity contribution in [3.8, 4) is 0 Å². The van der Waals surface area contributed by atoms with Crippen LogP contribution in [0.15, 0.2) is 47.1 Å². The fourth-order valence-electron chi connectivity index (χ4n) is 2.39. The first kappa shape index (κ1) is 26.5. The van der Waals surface area contributed by atoms with Gasteiger partial charge < -0.3 is 30.9 Å². The quantitative estimate of drug-likeness (QED) is 0.139. The van der Waals surface area contributed by atoms with Crippen LogP contribution in [0.5, 0.6) is 0 Å². The van der Waals surface area contributed by atoms with Crippen LogP contribution in [0.25, 0.3) is 0 Å². The van der Waals surface area contributed by atoms with Gasteiger partial charge in [-0.25, -0.2) is 8.78 Å². The van der Waals surface area contributed by atoms with Crippen molar-refractivity contribution < 1.29 is 18.4 Å². The van der Waals surface area contributed by atoms with Gasteiger partial charge in [0.25, 0.3) is 0 Å². The molecule has 0 radical (unpaired) electrons. The molecule has 7 nitrogen and oxygen atoms in total. The van der Waals surface area contributed by atoms with Gasteiger partial charge in [-0.15, -0.1) is 0 Å². The van der Waals surface area contributed by atoms with Crippen molar-refractivity contribution in [1.82, 2.24) is 5.32 Å². The lowest BCUT2D eigenvalue weighted by Crippen LogP contribution is -2.27. The Morgan fingerprint density at radius 1 is 1.29 bits per heavy atom. The van der Waals surface area contributed by atoms with Crippen LogP contribution in [-0.4, -0.2) is 42.7 Å². The van der Waals surface area contributed by atoms with Gasteiger partial charge in [0.2, 0.25) is 0 Å². The Hall–Kier alpha value is -2.53. The number of hydrogen-bond donors (Lipinski definition) is 6. The second-order valence-electron chi connectivity index (χ2n) is 6.41. The maximum atomic E-state index is 13.9. The van der Waals surface area contributed by atoms with E-state index in [0.29, 0.717) is 35.6 Å². The summed E-state index contributed by atoms with van der Waals surface area (Å²) in [6.07, 6.45) is 1.17. The van der Waals surface area contributed by atoms with Crippen LogP contribution in [0.2, 0.25) is 5.02 Å². The third-order valence-electron chi connectivity index (χ3n) is 3.82. The molecule has 0 aliphatic rings. The number of anilines is 3. The number of nitrogens with zero attached hydrogens (tertiary/aromatic N) is 1. The molecule has 0 saturated heterocycles. The third-order valence-corrected chi connectivity index (χ3v) is 4.64. The standard InChI is InChI=1S/C16H18ClF2N3OS.C4H8N2O/c1-20-5-6-22(2)15-7-10(18)3-4-13(15)21-14-9-12(19)16(24-23)8-11(14)17;1-3(7)2-4(5)6/h3-4,7-9,20-21,23H,5-6H2,1-2H3;2,7H,1H3,(H3,5,6)/b;3-2-. The van der Waals surface area contributed by atoms with Crippen LogP contribution < -0.4 is 21.3 Å². The van der Waals surface area contributed by atoms with Crippen molar-refractivity contribution in [2.24, 2.45) is 5.73 Å². The molecule has 0 aromatic heterocycles. The summed E-state index contributed by atoms with van der Waals surface area (Å²) in [6.45, 7) is 2.85. The number of nitrogens with one attached hydrogen (secondary N) is 3. The van der Waals surface area contributed by atoms with Crippen LogP contribution in [-0.2, 0) is 0 Å². The van der Waals surface area contributed by atoms with Crippen LogP contribution in [0, 0.1) is 17.0 Å². The zero-order valence-electron chi connectivity index (χ0n) is 17.3. The van der Waals surface area contributed by atoms with Crippen LogP contribution in [0.4, 0.5) is 25.8 Å². The highest BCUT2D eigenvalue weighted by Gasteiger charge is 2.13. The smallest absolute Gasteiger partial charge is 0.141 e. The Morgan fingerprint density at radius 2 is 1.97 bits per heavy atom. The van der Waals surface area contributed by atoms with Crippen LogP contribution >= 0.6 is 23.6 Å². The second-order valence-corrected chi connectivity index (χ2v) is 7.44. The van der Waals surface area contributed by atoms with E-state index in [9.17, 15) is 8.78 Å². The van der Waals surface area contributed by atoms with E-state index in [0.717, 1.165) is 6.54 Å². The molecule has 2 rings (SSSR count). The summed E-state index contributed by atoms with van der Waals surface area (Å²) in [5.41, 5.74) is 6.40. The number of halogens is 3. The number of hydrogen-bond acceptors (Lipinski definition) is 7. The number of benzene rings is 2. The predicted molar refractivity (Wildman–Crippen MR) is 125 cm³/mol. The summed E-state index contributed by atoms with van der Waals surface area (Å²) in [7, 11) is 3.67. The molecule has 170 valence electrons. The van der Waals surface area contributed by atoms with E-state index >= 15 is 0 Å². The fourth-order valence-corrected chi connectivity index (χ4v) is 2.98. The first-order valence-corrected chi connectivity index (χ1v) is 10.2. The molecular formula is C20H26ClF2N5O2S. The molecule has 31 heavy (non-hydrogen) atoms. The SMILES string of the molecule is C/C(O)=C/C(=N)N.CNCCN(C)c1cc(F)ccc1Nc1cc(F)c(SO)cc1Cl. The van der Waals surface area contributed by atoms with Gasteiger partial charge in [-0.1, -0.05) is 11.6 Å². The summed E-state index contributed by atoms with van der Waals surface area (Å²) >= 11 is 6.42. The van der Waals surface area contributed by atoms with E-state index < -0.39 is 5.82 Å². The number of aliphatic hydroxyl groups is 1. The van der Waals surface area contributed by atoms with Gasteiger partial charge in [0.1, 0.15) is 17.5 Å². The maximum absolute atomic E-state index is 13.9. The number of allylic oxidation sites excluding steroid dienone is 1. The molecular weight excluding hydrogens is 448 g/mol. The lowest BCUT2D eigenvalue weighted by atomic mass is 10.2. The zero-order chi connectivity index (χ0) is 23.6. The lowest BCUT2D eigenvalue weighted by Gasteiger charge is -2.23. The van der Waals surface area contributed by atoms with Crippen LogP contribution in [0.1, 0.15) is 6.92 Å². The molecule has 0 bridgehead atoms. The van der Waals surface area contributed by atoms with E-state index in [4.69, 9.17) is 32.4 Å². The first-order valence-electron chi connectivity index (χ1n) is 9.03. The average Bonchev–Trinajstić information content (AvgIpc) is 2.69. The largest absolute Gasteiger partial charge is 0.512 e. The molecule has 2 aromatic rings. The Balaban J connectivity index is 0.000000592. The highest BCUT2D eigenvalue weighted by Crippen LogP contribution is 2.35. The minimum absolute atomic E-state index is 0.0380. The number of nitrogens with two attached hydrogens (primary N) is 1. The minimum Gasteiger partial charge on any atom is -0.512 e. The second kappa shape index (κ2) is 13.0. The van der Waals surface area contributed by atoms with Gasteiger partial charge in [0.15, 0.2) is 0 Å². The minimum atomic E-state index is -0.596. The number of likely N-dealkylation sites (N-methyl/N-ethyl adjacent to an activating group) is 2. The molecule has 2 aromatic carbocycles. The molecule has 0 amide bonds. The van der Waals surface area contributed by atoms with Crippen molar-refractivity contribution in [2.45, 2.75) is 11.8 Å². The van der Waals surface area contributed by atoms with Crippen molar-refractivity contribution >= 4 is 46.5 Å². The van der Waals surface area contributed by atoms with Gasteiger partial charge in [0, 0.05) is 44.3 Å². The molecule has 0 aliphatic carbocycles. The molecule has 11 heteroatoms. The van der Waals surface area contributed by atoms with Gasteiger partial charge >= 0.3 is 0 Å². The number of amidine groups is 1. The molecule has 0 atom stereocenters. The van der Waals surface area contributed by atoms with E-state index in [1.54, 1.807) is 6.07 Å². The van der Waals surface area contributed by atoms with Crippen LogP contribution in [0.3, 0.4) is 0 Å². The maximum Gasteiger partial charge on any atom is 0.141 e. The summed E-state index contributed by atoms with van der Waals surface area (Å²) in [5.74, 6) is -1.02. The third kappa shape index (κ3) is 9.01. The van der Waals surface area contributed by atoms with Gasteiger partial charge in [-0.2, -0.15) is 0 Å². The molecule has 0 heterocycles. The highest BCUT2D eigenvalue weighted by molar-refractivity contribution is 7.93. The fraction of sp³-hybridized carbons (Fsp3) is 0.250. The molecule has 0 fully saturated rings. The summed E-state index contributed by atoms with van der Waals surface area (Å²) < 4.78 is 36.5. The predicted octanol–water partition coefficient (Wildman–Crippen LogP) is 4.97. The first-order chi connectivity index (χ1) is 14.6. The van der Waals surface area contributed by atoms with Crippen molar-refractivity contribution in [1.29, 1.82) is 5.41 Å². The average molecular weight is 474 g/mol. The van der Waals surface area contributed by atoms with Gasteiger partial charge in [0.05, 0.1) is 32.7 Å².